The molecule has 1 aromatic rings. The summed E-state index contributed by atoms with van der Waals surface area (Å²) in [6.45, 7) is 10.1. The van der Waals surface area contributed by atoms with Gasteiger partial charge in [-0.05, 0) is 19.0 Å². The lowest BCUT2D eigenvalue weighted by Crippen LogP contribution is -2.54. The van der Waals surface area contributed by atoms with Gasteiger partial charge in [0.2, 0.25) is 5.91 Å². The van der Waals surface area contributed by atoms with Crippen molar-refractivity contribution in [2.45, 2.75) is 32.9 Å². The van der Waals surface area contributed by atoms with Crippen molar-refractivity contribution in [3.8, 4) is 0 Å². The molecule has 0 radical (unpaired) electrons. The number of hydrogen-bond acceptors (Lipinski definition) is 5. The number of carbonyl (C=O) groups is 1. The molecule has 2 aliphatic heterocycles. The minimum absolute atomic E-state index is 0.0923. The first-order valence-electron chi connectivity index (χ1n) is 8.81. The summed E-state index contributed by atoms with van der Waals surface area (Å²) in [6, 6.07) is 1.50. The lowest BCUT2D eigenvalue weighted by atomic mass is 10.0. The Kier molecular flexibility index (Phi) is 5.01. The molecule has 0 aliphatic carbocycles. The number of hydrogen-bond donors (Lipinski definition) is 0. The van der Waals surface area contributed by atoms with E-state index in [1.54, 1.807) is 13.1 Å². The summed E-state index contributed by atoms with van der Waals surface area (Å²) >= 11 is 0. The summed E-state index contributed by atoms with van der Waals surface area (Å²) in [5.74, 6) is 0.200. The molecule has 0 unspecified atom stereocenters. The third-order valence-corrected chi connectivity index (χ3v) is 5.30. The van der Waals surface area contributed by atoms with Crippen LogP contribution >= 0.6 is 0 Å². The zero-order chi connectivity index (χ0) is 17.3. The maximum absolute atomic E-state index is 12.8. The Morgan fingerprint density at radius 3 is 2.62 bits per heavy atom. The highest BCUT2D eigenvalue weighted by molar-refractivity contribution is 5.81. The first-order chi connectivity index (χ1) is 11.5. The van der Waals surface area contributed by atoms with Crippen LogP contribution in [0.3, 0.4) is 0 Å². The average molecular weight is 333 g/mol. The van der Waals surface area contributed by atoms with Crippen molar-refractivity contribution in [1.29, 1.82) is 0 Å². The van der Waals surface area contributed by atoms with E-state index >= 15 is 0 Å². The third-order valence-electron chi connectivity index (χ3n) is 5.30. The maximum atomic E-state index is 12.8. The first kappa shape index (κ1) is 17.1. The molecule has 1 aromatic heterocycles. The van der Waals surface area contributed by atoms with E-state index in [-0.39, 0.29) is 17.5 Å². The van der Waals surface area contributed by atoms with Crippen LogP contribution in [0.25, 0.3) is 0 Å². The number of aryl methyl sites for hydroxylation is 1. The second-order valence-electron chi connectivity index (χ2n) is 6.73. The first-order valence-corrected chi connectivity index (χ1v) is 8.81. The van der Waals surface area contributed by atoms with Crippen LogP contribution in [0.15, 0.2) is 10.9 Å². The van der Waals surface area contributed by atoms with Gasteiger partial charge in [-0.2, -0.15) is 5.10 Å². The monoisotopic (exact) mass is 333 g/mol. The molecule has 0 spiro atoms. The quantitative estimate of drug-likeness (QED) is 0.759. The predicted molar refractivity (Wildman–Crippen MR) is 91.7 cm³/mol. The van der Waals surface area contributed by atoms with Crippen molar-refractivity contribution in [2.75, 3.05) is 39.3 Å². The summed E-state index contributed by atoms with van der Waals surface area (Å²) in [4.78, 5) is 31.1. The van der Waals surface area contributed by atoms with E-state index in [1.165, 1.54) is 4.68 Å². The largest absolute Gasteiger partial charge is 0.339 e. The molecule has 132 valence electrons. The Labute approximate surface area is 142 Å². The highest BCUT2D eigenvalue weighted by Gasteiger charge is 2.30. The second-order valence-corrected chi connectivity index (χ2v) is 6.73. The molecule has 3 rings (SSSR count). The molecule has 0 N–H and O–H groups in total. The van der Waals surface area contributed by atoms with Crippen molar-refractivity contribution in [1.82, 2.24) is 24.5 Å². The van der Waals surface area contributed by atoms with Crippen molar-refractivity contribution in [3.05, 3.63) is 27.7 Å². The van der Waals surface area contributed by atoms with Crippen molar-refractivity contribution < 1.29 is 4.79 Å². The Hall–Kier alpha value is -1.73. The van der Waals surface area contributed by atoms with Gasteiger partial charge in [0.15, 0.2) is 0 Å². The topological polar surface area (TPSA) is 61.7 Å². The highest BCUT2D eigenvalue weighted by Crippen LogP contribution is 2.18. The van der Waals surface area contributed by atoms with Gasteiger partial charge in [0.05, 0.1) is 11.7 Å². The van der Waals surface area contributed by atoms with Gasteiger partial charge in [0, 0.05) is 58.8 Å². The third kappa shape index (κ3) is 3.37. The maximum Gasteiger partial charge on any atom is 0.266 e. The summed E-state index contributed by atoms with van der Waals surface area (Å²) in [5.41, 5.74) is 1.84. The molecular formula is C17H27N5O2. The van der Waals surface area contributed by atoms with Crippen LogP contribution in [0.5, 0.6) is 0 Å². The standard InChI is InChI=1S/C17H27N5O2/c1-4-20-7-9-21(10-8-20)17(24)13(2)22-6-5-15-14(12-22)11-16(23)19(3)18-15/h11,13H,4-10,12H2,1-3H3/t13-/m0/s1. The normalized spacial score (nSPS) is 20.7. The smallest absolute Gasteiger partial charge is 0.266 e. The van der Waals surface area contributed by atoms with Crippen LogP contribution in [0.1, 0.15) is 25.1 Å². The molecule has 7 heteroatoms. The van der Waals surface area contributed by atoms with E-state index < -0.39 is 0 Å². The van der Waals surface area contributed by atoms with E-state index in [9.17, 15) is 9.59 Å². The van der Waals surface area contributed by atoms with Gasteiger partial charge >= 0.3 is 0 Å². The van der Waals surface area contributed by atoms with Crippen molar-refractivity contribution in [3.63, 3.8) is 0 Å². The molecule has 1 atom stereocenters. The van der Waals surface area contributed by atoms with Crippen LogP contribution in [-0.4, -0.2) is 75.7 Å². The summed E-state index contributed by atoms with van der Waals surface area (Å²) in [7, 11) is 1.68. The molecule has 0 aromatic carbocycles. The van der Waals surface area contributed by atoms with Crippen LogP contribution < -0.4 is 5.56 Å². The Balaban J connectivity index is 1.65. The van der Waals surface area contributed by atoms with E-state index in [4.69, 9.17) is 0 Å². The van der Waals surface area contributed by atoms with Gasteiger partial charge in [-0.3, -0.25) is 14.5 Å². The average Bonchev–Trinajstić information content (AvgIpc) is 2.61. The predicted octanol–water partition coefficient (Wildman–Crippen LogP) is -0.309. The Morgan fingerprint density at radius 2 is 1.96 bits per heavy atom. The van der Waals surface area contributed by atoms with Gasteiger partial charge in [0.1, 0.15) is 0 Å². The van der Waals surface area contributed by atoms with Crippen LogP contribution in [0.2, 0.25) is 0 Å². The van der Waals surface area contributed by atoms with Crippen molar-refractivity contribution >= 4 is 5.91 Å². The zero-order valence-corrected chi connectivity index (χ0v) is 14.9. The number of nitrogens with zero attached hydrogens (tertiary/aromatic N) is 5. The van der Waals surface area contributed by atoms with Gasteiger partial charge in [-0.25, -0.2) is 4.68 Å². The fraction of sp³-hybridized carbons (Fsp3) is 0.706. The molecule has 0 saturated carbocycles. The number of piperazine rings is 1. The summed E-state index contributed by atoms with van der Waals surface area (Å²) in [6.07, 6.45) is 0.782. The summed E-state index contributed by atoms with van der Waals surface area (Å²) < 4.78 is 1.39. The van der Waals surface area contributed by atoms with Gasteiger partial charge in [-0.15, -0.1) is 0 Å². The minimum Gasteiger partial charge on any atom is -0.339 e. The zero-order valence-electron chi connectivity index (χ0n) is 14.9. The number of fused-ring (bicyclic) bond motifs is 1. The SMILES string of the molecule is CCN1CCN(C(=O)[C@H](C)N2CCc3nn(C)c(=O)cc3C2)CC1. The van der Waals surface area contributed by atoms with Gasteiger partial charge < -0.3 is 9.80 Å². The van der Waals surface area contributed by atoms with Crippen LogP contribution in [-0.2, 0) is 24.8 Å². The second kappa shape index (κ2) is 7.03. The minimum atomic E-state index is -0.157. The van der Waals surface area contributed by atoms with E-state index in [0.717, 1.165) is 56.9 Å². The molecule has 1 amide bonds. The number of amides is 1. The summed E-state index contributed by atoms with van der Waals surface area (Å²) in [5, 5.41) is 4.34. The highest BCUT2D eigenvalue weighted by atomic mass is 16.2. The lowest BCUT2D eigenvalue weighted by molar-refractivity contribution is -0.138. The molecule has 0 bridgehead atoms. The number of carbonyl (C=O) groups excluding carboxylic acids is 1. The number of likely N-dealkylation sites (N-methyl/N-ethyl adjacent to an activating group) is 1. The molecule has 1 fully saturated rings. The molecule has 3 heterocycles. The van der Waals surface area contributed by atoms with Gasteiger partial charge in [-0.1, -0.05) is 6.92 Å². The number of aromatic nitrogens is 2. The Bertz CT molecular complexity index is 663. The van der Waals surface area contributed by atoms with Crippen LogP contribution in [0, 0.1) is 0 Å². The van der Waals surface area contributed by atoms with E-state index in [1.807, 2.05) is 11.8 Å². The fourth-order valence-electron chi connectivity index (χ4n) is 3.55. The molecule has 7 nitrogen and oxygen atoms in total. The number of rotatable bonds is 3. The molecular weight excluding hydrogens is 306 g/mol. The van der Waals surface area contributed by atoms with Crippen molar-refractivity contribution in [2.24, 2.45) is 7.05 Å². The van der Waals surface area contributed by atoms with E-state index in [2.05, 4.69) is 21.8 Å². The fourth-order valence-corrected chi connectivity index (χ4v) is 3.55. The van der Waals surface area contributed by atoms with Gasteiger partial charge in [0.25, 0.3) is 5.56 Å². The Morgan fingerprint density at radius 1 is 1.25 bits per heavy atom. The molecule has 24 heavy (non-hydrogen) atoms. The molecule has 1 saturated heterocycles. The van der Waals surface area contributed by atoms with Crippen LogP contribution in [0.4, 0.5) is 0 Å². The van der Waals surface area contributed by atoms with E-state index in [0.29, 0.717) is 6.54 Å². The molecule has 2 aliphatic rings. The lowest BCUT2D eigenvalue weighted by Gasteiger charge is -2.39.